The first-order valence-electron chi connectivity index (χ1n) is 9.71. The fourth-order valence-electron chi connectivity index (χ4n) is 4.57. The van der Waals surface area contributed by atoms with Gasteiger partial charge >= 0.3 is 6.03 Å². The fraction of sp³-hybridized carbons (Fsp3) is 0.600. The zero-order chi connectivity index (χ0) is 18.1. The van der Waals surface area contributed by atoms with Crippen LogP contribution in [0.2, 0.25) is 0 Å². The van der Waals surface area contributed by atoms with Crippen LogP contribution in [-0.4, -0.2) is 35.5 Å². The van der Waals surface area contributed by atoms with E-state index >= 15 is 0 Å². The van der Waals surface area contributed by atoms with E-state index in [2.05, 4.69) is 10.6 Å². The lowest BCUT2D eigenvalue weighted by molar-refractivity contribution is -0.127. The second kappa shape index (κ2) is 6.89. The van der Waals surface area contributed by atoms with Gasteiger partial charge in [-0.2, -0.15) is 0 Å². The third-order valence-electron chi connectivity index (χ3n) is 6.19. The second-order valence-electron chi connectivity index (χ2n) is 7.86. The van der Waals surface area contributed by atoms with Crippen molar-refractivity contribution in [3.8, 4) is 0 Å². The molecule has 26 heavy (non-hydrogen) atoms. The molecular weight excluding hydrogens is 333 g/mol. The van der Waals surface area contributed by atoms with Crippen LogP contribution in [0.15, 0.2) is 24.3 Å². The van der Waals surface area contributed by atoms with Crippen LogP contribution >= 0.6 is 0 Å². The van der Waals surface area contributed by atoms with E-state index in [4.69, 9.17) is 0 Å². The van der Waals surface area contributed by atoms with Gasteiger partial charge in [-0.3, -0.25) is 4.79 Å². The number of piperazine rings is 1. The molecule has 4 rings (SSSR count). The lowest BCUT2D eigenvalue weighted by Gasteiger charge is -2.38. The molecule has 1 saturated heterocycles. The second-order valence-corrected chi connectivity index (χ2v) is 7.86. The normalized spacial score (nSPS) is 25.5. The van der Waals surface area contributed by atoms with Crippen molar-refractivity contribution in [2.45, 2.75) is 56.5 Å². The summed E-state index contributed by atoms with van der Waals surface area (Å²) < 4.78 is 13.2. The minimum Gasteiger partial charge on any atom is -0.352 e. The molecule has 2 aliphatic carbocycles. The van der Waals surface area contributed by atoms with Crippen molar-refractivity contribution in [1.29, 1.82) is 0 Å². The molecular formula is C20H26FN3O2. The lowest BCUT2D eigenvalue weighted by atomic mass is 9.82. The molecule has 5 nitrogen and oxygen atoms in total. The average Bonchev–Trinajstić information content (AvgIpc) is 3.44. The van der Waals surface area contributed by atoms with Crippen LogP contribution in [0.25, 0.3) is 0 Å². The van der Waals surface area contributed by atoms with Gasteiger partial charge in [0.1, 0.15) is 11.9 Å². The summed E-state index contributed by atoms with van der Waals surface area (Å²) in [5, 5.41) is 6.09. The van der Waals surface area contributed by atoms with E-state index in [1.54, 1.807) is 17.0 Å². The summed E-state index contributed by atoms with van der Waals surface area (Å²) in [7, 11) is 0. The van der Waals surface area contributed by atoms with Gasteiger partial charge in [0.05, 0.1) is 0 Å². The van der Waals surface area contributed by atoms with Crippen molar-refractivity contribution in [2.24, 2.45) is 5.92 Å². The molecule has 0 bridgehead atoms. The number of hydrogen-bond acceptors (Lipinski definition) is 2. The van der Waals surface area contributed by atoms with Crippen molar-refractivity contribution in [3.05, 3.63) is 35.6 Å². The maximum atomic E-state index is 13.2. The van der Waals surface area contributed by atoms with Gasteiger partial charge in [0.25, 0.3) is 0 Å². The number of halogens is 1. The van der Waals surface area contributed by atoms with Crippen LogP contribution < -0.4 is 10.6 Å². The molecule has 3 fully saturated rings. The maximum absolute atomic E-state index is 13.2. The van der Waals surface area contributed by atoms with Gasteiger partial charge < -0.3 is 15.5 Å². The molecule has 3 aliphatic rings. The average molecular weight is 359 g/mol. The van der Waals surface area contributed by atoms with Gasteiger partial charge in [-0.05, 0) is 49.3 Å². The quantitative estimate of drug-likeness (QED) is 0.871. The topological polar surface area (TPSA) is 61.4 Å². The molecule has 1 heterocycles. The van der Waals surface area contributed by atoms with Crippen LogP contribution in [0.5, 0.6) is 0 Å². The number of carbonyl (C=O) groups excluding carboxylic acids is 2. The standard InChI is InChI=1S/C20H26FN3O2/c21-16-8-6-14(7-9-16)17-18(25)22-12-13-24(17)19(26)23-20(10-11-20)15-4-2-1-3-5-15/h6-9,15,17H,1-5,10-13H2,(H,22,25)(H,23,26)/t17-/m0/s1. The van der Waals surface area contributed by atoms with Crippen molar-refractivity contribution in [3.63, 3.8) is 0 Å². The van der Waals surface area contributed by atoms with Crippen molar-refractivity contribution in [2.75, 3.05) is 13.1 Å². The molecule has 1 aromatic rings. The fourth-order valence-corrected chi connectivity index (χ4v) is 4.57. The summed E-state index contributed by atoms with van der Waals surface area (Å²) in [6.07, 6.45) is 8.21. The van der Waals surface area contributed by atoms with Gasteiger partial charge in [0.15, 0.2) is 0 Å². The van der Waals surface area contributed by atoms with Crippen LogP contribution in [0, 0.1) is 11.7 Å². The summed E-state index contributed by atoms with van der Waals surface area (Å²) in [5.41, 5.74) is 0.569. The van der Waals surface area contributed by atoms with E-state index in [-0.39, 0.29) is 23.3 Å². The first-order chi connectivity index (χ1) is 12.6. The summed E-state index contributed by atoms with van der Waals surface area (Å²) in [6, 6.07) is 4.96. The zero-order valence-electron chi connectivity index (χ0n) is 15.0. The molecule has 1 aromatic carbocycles. The third-order valence-corrected chi connectivity index (χ3v) is 6.19. The highest BCUT2D eigenvalue weighted by atomic mass is 19.1. The minimum atomic E-state index is -0.702. The van der Waals surface area contributed by atoms with Crippen LogP contribution in [0.1, 0.15) is 56.6 Å². The minimum absolute atomic E-state index is 0.0707. The van der Waals surface area contributed by atoms with Crippen LogP contribution in [0.4, 0.5) is 9.18 Å². The Hall–Kier alpha value is -2.11. The summed E-state index contributed by atoms with van der Waals surface area (Å²) >= 11 is 0. The van der Waals surface area contributed by atoms with Gasteiger partial charge in [-0.1, -0.05) is 31.4 Å². The Kier molecular flexibility index (Phi) is 4.59. The van der Waals surface area contributed by atoms with E-state index < -0.39 is 6.04 Å². The molecule has 2 N–H and O–H groups in total. The molecule has 0 radical (unpaired) electrons. The Morgan fingerprint density at radius 3 is 2.50 bits per heavy atom. The number of nitrogens with one attached hydrogen (secondary N) is 2. The van der Waals surface area contributed by atoms with Gasteiger partial charge in [0.2, 0.25) is 5.91 Å². The van der Waals surface area contributed by atoms with E-state index in [0.29, 0.717) is 24.6 Å². The number of rotatable bonds is 3. The summed E-state index contributed by atoms with van der Waals surface area (Å²) in [6.45, 7) is 0.904. The monoisotopic (exact) mass is 359 g/mol. The molecule has 0 spiro atoms. The van der Waals surface area contributed by atoms with Crippen LogP contribution in [-0.2, 0) is 4.79 Å². The van der Waals surface area contributed by atoms with Crippen molar-refractivity contribution >= 4 is 11.9 Å². The van der Waals surface area contributed by atoms with E-state index in [9.17, 15) is 14.0 Å². The van der Waals surface area contributed by atoms with Crippen molar-refractivity contribution < 1.29 is 14.0 Å². The number of amides is 3. The highest BCUT2D eigenvalue weighted by Crippen LogP contribution is 2.48. The molecule has 1 atom stereocenters. The Bertz CT molecular complexity index is 681. The smallest absolute Gasteiger partial charge is 0.318 e. The Labute approximate surface area is 153 Å². The number of hydrogen-bond donors (Lipinski definition) is 2. The summed E-state index contributed by atoms with van der Waals surface area (Å²) in [5.74, 6) is -0.00110. The SMILES string of the molecule is O=C1NCCN(C(=O)NC2(C3CCCCC3)CC2)[C@H]1c1ccc(F)cc1. The predicted molar refractivity (Wildman–Crippen MR) is 95.9 cm³/mol. The summed E-state index contributed by atoms with van der Waals surface area (Å²) in [4.78, 5) is 27.1. The lowest BCUT2D eigenvalue weighted by Crippen LogP contribution is -2.57. The van der Waals surface area contributed by atoms with E-state index in [1.807, 2.05) is 0 Å². The Balaban J connectivity index is 1.51. The highest BCUT2D eigenvalue weighted by molar-refractivity contribution is 5.89. The number of nitrogens with zero attached hydrogens (tertiary/aromatic N) is 1. The maximum Gasteiger partial charge on any atom is 0.318 e. The number of benzene rings is 1. The molecule has 0 unspecified atom stereocenters. The molecule has 140 valence electrons. The zero-order valence-corrected chi connectivity index (χ0v) is 15.0. The number of carbonyl (C=O) groups is 2. The number of urea groups is 1. The Morgan fingerprint density at radius 2 is 1.85 bits per heavy atom. The van der Waals surface area contributed by atoms with Crippen molar-refractivity contribution in [1.82, 2.24) is 15.5 Å². The predicted octanol–water partition coefficient (Wildman–Crippen LogP) is 3.12. The first kappa shape index (κ1) is 17.3. The third kappa shape index (κ3) is 3.29. The van der Waals surface area contributed by atoms with E-state index in [0.717, 1.165) is 12.8 Å². The van der Waals surface area contributed by atoms with Gasteiger partial charge in [0, 0.05) is 18.6 Å². The largest absolute Gasteiger partial charge is 0.352 e. The molecule has 0 aromatic heterocycles. The van der Waals surface area contributed by atoms with Gasteiger partial charge in [-0.15, -0.1) is 0 Å². The molecule has 3 amide bonds. The van der Waals surface area contributed by atoms with Gasteiger partial charge in [-0.25, -0.2) is 9.18 Å². The Morgan fingerprint density at radius 1 is 1.15 bits per heavy atom. The van der Waals surface area contributed by atoms with E-state index in [1.165, 1.54) is 44.2 Å². The first-order valence-corrected chi connectivity index (χ1v) is 9.71. The molecule has 1 aliphatic heterocycles. The molecule has 2 saturated carbocycles. The van der Waals surface area contributed by atoms with Crippen LogP contribution in [0.3, 0.4) is 0 Å². The molecule has 6 heteroatoms. The highest BCUT2D eigenvalue weighted by Gasteiger charge is 2.51.